The van der Waals surface area contributed by atoms with Crippen molar-refractivity contribution < 1.29 is 4.79 Å². The summed E-state index contributed by atoms with van der Waals surface area (Å²) in [5, 5.41) is 3.10. The molecule has 1 aromatic carbocycles. The first kappa shape index (κ1) is 16.2. The molecule has 6 heteroatoms. The molecule has 1 aromatic heterocycles. The Bertz CT molecular complexity index is 744. The second-order valence-electron chi connectivity index (χ2n) is 5.87. The minimum absolute atomic E-state index is 0.0319. The van der Waals surface area contributed by atoms with E-state index in [1.807, 2.05) is 43.0 Å². The molecule has 1 aliphatic rings. The Labute approximate surface area is 140 Å². The van der Waals surface area contributed by atoms with Crippen molar-refractivity contribution in [1.29, 1.82) is 0 Å². The number of hydrogen-bond acceptors (Lipinski definition) is 3. The number of benzene rings is 1. The van der Waals surface area contributed by atoms with Gasteiger partial charge in [-0.05, 0) is 43.4 Å². The Hall–Kier alpha value is -1.69. The molecular formula is C17H23N3O2S. The topological polar surface area (TPSA) is 56.0 Å². The number of carbonyl (C=O) groups is 1. The van der Waals surface area contributed by atoms with E-state index in [9.17, 15) is 9.59 Å². The Morgan fingerprint density at radius 1 is 1.22 bits per heavy atom. The number of fused-ring (bicyclic) bond motifs is 1. The van der Waals surface area contributed by atoms with E-state index in [1.54, 1.807) is 9.13 Å². The molecule has 0 atom stereocenters. The van der Waals surface area contributed by atoms with E-state index in [2.05, 4.69) is 5.32 Å². The fourth-order valence-corrected chi connectivity index (χ4v) is 4.26. The van der Waals surface area contributed by atoms with Crippen LogP contribution in [-0.2, 0) is 17.9 Å². The molecule has 0 spiro atoms. The van der Waals surface area contributed by atoms with Crippen molar-refractivity contribution in [2.75, 3.05) is 11.5 Å². The summed E-state index contributed by atoms with van der Waals surface area (Å²) in [6, 6.07) is 8.07. The van der Waals surface area contributed by atoms with Gasteiger partial charge in [0.25, 0.3) is 0 Å². The predicted octanol–water partition coefficient (Wildman–Crippen LogP) is 2.22. The molecule has 1 aliphatic heterocycles. The summed E-state index contributed by atoms with van der Waals surface area (Å²) in [6.07, 6.45) is 2.44. The molecule has 0 saturated carbocycles. The highest BCUT2D eigenvalue weighted by molar-refractivity contribution is 7.99. The second kappa shape index (κ2) is 7.25. The minimum atomic E-state index is -0.0319. The molecule has 3 rings (SSSR count). The van der Waals surface area contributed by atoms with Crippen LogP contribution in [-0.4, -0.2) is 32.6 Å². The SMILES string of the molecule is CCn1c(=O)n(CCC(=O)NC2CCSCC2)c2ccccc21. The largest absolute Gasteiger partial charge is 0.353 e. The molecule has 1 amide bonds. The van der Waals surface area contributed by atoms with Crippen molar-refractivity contribution in [2.24, 2.45) is 0 Å². The van der Waals surface area contributed by atoms with Crippen LogP contribution in [0.2, 0.25) is 0 Å². The average molecular weight is 333 g/mol. The third kappa shape index (κ3) is 3.47. The molecule has 1 N–H and O–H groups in total. The van der Waals surface area contributed by atoms with Gasteiger partial charge in [0, 0.05) is 25.6 Å². The van der Waals surface area contributed by atoms with Crippen LogP contribution >= 0.6 is 11.8 Å². The lowest BCUT2D eigenvalue weighted by atomic mass is 10.1. The van der Waals surface area contributed by atoms with Gasteiger partial charge < -0.3 is 5.32 Å². The first-order valence-electron chi connectivity index (χ1n) is 8.26. The molecule has 2 heterocycles. The van der Waals surface area contributed by atoms with E-state index in [1.165, 1.54) is 0 Å². The van der Waals surface area contributed by atoms with Crippen molar-refractivity contribution >= 4 is 28.7 Å². The summed E-state index contributed by atoms with van der Waals surface area (Å²) in [7, 11) is 0. The van der Waals surface area contributed by atoms with E-state index in [4.69, 9.17) is 0 Å². The standard InChI is InChI=1S/C17H23N3O2S/c1-2-19-14-5-3-4-6-15(14)20(17(19)22)10-7-16(21)18-13-8-11-23-12-9-13/h3-6,13H,2,7-12H2,1H3,(H,18,21). The zero-order chi connectivity index (χ0) is 16.2. The Morgan fingerprint density at radius 2 is 1.87 bits per heavy atom. The Morgan fingerprint density at radius 3 is 2.52 bits per heavy atom. The number of carbonyl (C=O) groups excluding carboxylic acids is 1. The molecule has 2 aromatic rings. The number of nitrogens with zero attached hydrogens (tertiary/aromatic N) is 2. The molecule has 23 heavy (non-hydrogen) atoms. The Kier molecular flexibility index (Phi) is 5.10. The van der Waals surface area contributed by atoms with Crippen LogP contribution in [0.3, 0.4) is 0 Å². The maximum Gasteiger partial charge on any atom is 0.329 e. The normalized spacial score (nSPS) is 15.9. The van der Waals surface area contributed by atoms with Gasteiger partial charge in [0.05, 0.1) is 11.0 Å². The van der Waals surface area contributed by atoms with Gasteiger partial charge >= 0.3 is 5.69 Å². The average Bonchev–Trinajstić information content (AvgIpc) is 2.85. The lowest BCUT2D eigenvalue weighted by Gasteiger charge is -2.22. The van der Waals surface area contributed by atoms with Gasteiger partial charge in [-0.15, -0.1) is 0 Å². The first-order valence-corrected chi connectivity index (χ1v) is 9.41. The van der Waals surface area contributed by atoms with Crippen LogP contribution in [0.15, 0.2) is 29.1 Å². The number of aryl methyl sites for hydroxylation is 2. The number of aromatic nitrogens is 2. The summed E-state index contributed by atoms with van der Waals surface area (Å²) in [5.41, 5.74) is 1.81. The molecule has 5 nitrogen and oxygen atoms in total. The zero-order valence-corrected chi connectivity index (χ0v) is 14.3. The number of rotatable bonds is 5. The van der Waals surface area contributed by atoms with Gasteiger partial charge in [-0.2, -0.15) is 11.8 Å². The Balaban J connectivity index is 1.70. The van der Waals surface area contributed by atoms with Gasteiger partial charge in [0.2, 0.25) is 5.91 Å². The van der Waals surface area contributed by atoms with E-state index < -0.39 is 0 Å². The zero-order valence-electron chi connectivity index (χ0n) is 13.5. The van der Waals surface area contributed by atoms with E-state index in [0.29, 0.717) is 25.6 Å². The minimum Gasteiger partial charge on any atom is -0.353 e. The highest BCUT2D eigenvalue weighted by Gasteiger charge is 2.17. The first-order chi connectivity index (χ1) is 11.2. The van der Waals surface area contributed by atoms with Gasteiger partial charge in [0.1, 0.15) is 0 Å². The summed E-state index contributed by atoms with van der Waals surface area (Å²) in [4.78, 5) is 24.7. The van der Waals surface area contributed by atoms with Crippen molar-refractivity contribution in [2.45, 2.75) is 45.3 Å². The van der Waals surface area contributed by atoms with Crippen LogP contribution < -0.4 is 11.0 Å². The number of imidazole rings is 1. The molecule has 0 radical (unpaired) electrons. The van der Waals surface area contributed by atoms with Gasteiger partial charge in [0.15, 0.2) is 0 Å². The third-order valence-corrected chi connectivity index (χ3v) is 5.44. The van der Waals surface area contributed by atoms with E-state index in [-0.39, 0.29) is 11.6 Å². The number of thioether (sulfide) groups is 1. The number of hydrogen-bond donors (Lipinski definition) is 1. The summed E-state index contributed by atoms with van der Waals surface area (Å²) in [5.74, 6) is 2.28. The fourth-order valence-electron chi connectivity index (χ4n) is 3.15. The molecule has 0 unspecified atom stereocenters. The summed E-state index contributed by atoms with van der Waals surface area (Å²) in [6.45, 7) is 3.03. The second-order valence-corrected chi connectivity index (χ2v) is 7.10. The fraction of sp³-hybridized carbons (Fsp3) is 0.529. The van der Waals surface area contributed by atoms with E-state index in [0.717, 1.165) is 35.4 Å². The van der Waals surface area contributed by atoms with E-state index >= 15 is 0 Å². The molecule has 124 valence electrons. The monoisotopic (exact) mass is 333 g/mol. The van der Waals surface area contributed by atoms with Crippen LogP contribution in [0.4, 0.5) is 0 Å². The van der Waals surface area contributed by atoms with Crippen molar-refractivity contribution in [3.63, 3.8) is 0 Å². The molecule has 1 fully saturated rings. The quantitative estimate of drug-likeness (QED) is 0.913. The lowest BCUT2D eigenvalue weighted by molar-refractivity contribution is -0.122. The highest BCUT2D eigenvalue weighted by atomic mass is 32.2. The number of nitrogens with one attached hydrogen (secondary N) is 1. The van der Waals surface area contributed by atoms with Crippen molar-refractivity contribution in [1.82, 2.24) is 14.5 Å². The number of para-hydroxylation sites is 2. The predicted molar refractivity (Wildman–Crippen MR) is 95.0 cm³/mol. The molecular weight excluding hydrogens is 310 g/mol. The van der Waals surface area contributed by atoms with Crippen molar-refractivity contribution in [3.05, 3.63) is 34.7 Å². The molecule has 1 saturated heterocycles. The smallest absolute Gasteiger partial charge is 0.329 e. The summed E-state index contributed by atoms with van der Waals surface area (Å²) >= 11 is 1.95. The maximum atomic E-state index is 12.5. The lowest BCUT2D eigenvalue weighted by Crippen LogP contribution is -2.38. The van der Waals surface area contributed by atoms with Crippen LogP contribution in [0, 0.1) is 0 Å². The maximum absolute atomic E-state index is 12.5. The molecule has 0 aliphatic carbocycles. The van der Waals surface area contributed by atoms with Gasteiger partial charge in [-0.3, -0.25) is 13.9 Å². The number of amides is 1. The summed E-state index contributed by atoms with van der Waals surface area (Å²) < 4.78 is 3.47. The highest BCUT2D eigenvalue weighted by Crippen LogP contribution is 2.17. The van der Waals surface area contributed by atoms with Gasteiger partial charge in [-0.25, -0.2) is 4.79 Å². The third-order valence-electron chi connectivity index (χ3n) is 4.39. The van der Waals surface area contributed by atoms with Crippen LogP contribution in [0.1, 0.15) is 26.2 Å². The van der Waals surface area contributed by atoms with Crippen LogP contribution in [0.25, 0.3) is 11.0 Å². The molecule has 0 bridgehead atoms. The van der Waals surface area contributed by atoms with Gasteiger partial charge in [-0.1, -0.05) is 12.1 Å². The van der Waals surface area contributed by atoms with Crippen LogP contribution in [0.5, 0.6) is 0 Å². The van der Waals surface area contributed by atoms with Crippen molar-refractivity contribution in [3.8, 4) is 0 Å².